The zero-order valence-corrected chi connectivity index (χ0v) is 15.8. The predicted octanol–water partition coefficient (Wildman–Crippen LogP) is 3.79. The molecule has 25 heavy (non-hydrogen) atoms. The minimum atomic E-state index is -3.48. The molecule has 0 amide bonds. The third-order valence-corrected chi connectivity index (χ3v) is 7.94. The molecule has 3 rings (SSSR count). The number of Topliss-reactive ketones (excluding diaryl/α,β-unsaturated/α-hetero) is 1. The molecule has 0 saturated carbocycles. The lowest BCUT2D eigenvalue weighted by Crippen LogP contribution is -2.40. The predicted molar refractivity (Wildman–Crippen MR) is 96.0 cm³/mol. The smallest absolute Gasteiger partial charge is 0.252 e. The van der Waals surface area contributed by atoms with E-state index in [2.05, 4.69) is 0 Å². The van der Waals surface area contributed by atoms with Gasteiger partial charge in [0, 0.05) is 29.4 Å². The first-order chi connectivity index (χ1) is 11.8. The second-order valence-electron chi connectivity index (χ2n) is 6.37. The Balaban J connectivity index is 1.69. The van der Waals surface area contributed by atoms with E-state index in [0.29, 0.717) is 41.3 Å². The van der Waals surface area contributed by atoms with Crippen LogP contribution in [0.5, 0.6) is 0 Å². The van der Waals surface area contributed by atoms with Gasteiger partial charge in [-0.3, -0.25) is 4.79 Å². The van der Waals surface area contributed by atoms with Crippen LogP contribution < -0.4 is 0 Å². The molecule has 1 aromatic carbocycles. The van der Waals surface area contributed by atoms with Gasteiger partial charge in [0.1, 0.15) is 10.0 Å². The fourth-order valence-corrected chi connectivity index (χ4v) is 5.98. The summed E-state index contributed by atoms with van der Waals surface area (Å²) in [5.74, 6) is -0.586. The third kappa shape index (κ3) is 3.68. The number of hydrogen-bond acceptors (Lipinski definition) is 4. The Morgan fingerprint density at radius 1 is 1.16 bits per heavy atom. The van der Waals surface area contributed by atoms with Crippen LogP contribution in [-0.4, -0.2) is 31.6 Å². The molecule has 0 N–H and O–H groups in total. The molecule has 1 aliphatic rings. The number of halogens is 1. The van der Waals surface area contributed by atoms with E-state index in [1.807, 2.05) is 6.92 Å². The van der Waals surface area contributed by atoms with Gasteiger partial charge in [0.15, 0.2) is 5.78 Å². The molecule has 134 valence electrons. The molecule has 1 aliphatic heterocycles. The molecule has 0 bridgehead atoms. The van der Waals surface area contributed by atoms with Crippen molar-refractivity contribution in [1.29, 1.82) is 0 Å². The summed E-state index contributed by atoms with van der Waals surface area (Å²) in [5, 5.41) is 0. The van der Waals surface area contributed by atoms with E-state index in [4.69, 9.17) is 0 Å². The average molecular weight is 381 g/mol. The monoisotopic (exact) mass is 381 g/mol. The highest BCUT2D eigenvalue weighted by atomic mass is 32.2. The van der Waals surface area contributed by atoms with Crippen molar-refractivity contribution in [3.8, 4) is 0 Å². The number of sulfonamides is 1. The van der Waals surface area contributed by atoms with Crippen LogP contribution in [0.3, 0.4) is 0 Å². The Labute approximate surface area is 151 Å². The van der Waals surface area contributed by atoms with E-state index in [1.54, 1.807) is 25.1 Å². The van der Waals surface area contributed by atoms with Gasteiger partial charge >= 0.3 is 0 Å². The van der Waals surface area contributed by atoms with Gasteiger partial charge in [-0.05, 0) is 62.6 Å². The van der Waals surface area contributed by atoms with Crippen LogP contribution in [0.25, 0.3) is 0 Å². The highest BCUT2D eigenvalue weighted by Gasteiger charge is 2.33. The maximum atomic E-state index is 13.4. The number of hydrogen-bond donors (Lipinski definition) is 0. The minimum Gasteiger partial charge on any atom is -0.294 e. The van der Waals surface area contributed by atoms with Gasteiger partial charge in [0.05, 0.1) is 0 Å². The summed E-state index contributed by atoms with van der Waals surface area (Å²) in [6, 6.07) is 7.80. The summed E-state index contributed by atoms with van der Waals surface area (Å²) >= 11 is 1.26. The maximum Gasteiger partial charge on any atom is 0.252 e. The Bertz CT molecular complexity index is 897. The Morgan fingerprint density at radius 3 is 2.40 bits per heavy atom. The zero-order valence-electron chi connectivity index (χ0n) is 14.2. The SMILES string of the molecule is Cc1ccc(S(=O)(=O)N2CCC(C(=O)c3ccc(F)c(C)c3)CC2)s1. The summed E-state index contributed by atoms with van der Waals surface area (Å²) in [5.41, 5.74) is 0.938. The zero-order chi connectivity index (χ0) is 18.2. The Morgan fingerprint density at radius 2 is 1.84 bits per heavy atom. The maximum absolute atomic E-state index is 13.4. The molecule has 0 spiro atoms. The third-order valence-electron chi connectivity index (χ3n) is 4.58. The quantitative estimate of drug-likeness (QED) is 0.757. The number of carbonyl (C=O) groups excluding carboxylic acids is 1. The van der Waals surface area contributed by atoms with E-state index in [1.165, 1.54) is 27.8 Å². The summed E-state index contributed by atoms with van der Waals surface area (Å²) in [7, 11) is -3.48. The highest BCUT2D eigenvalue weighted by Crippen LogP contribution is 2.29. The molecule has 7 heteroatoms. The molecule has 1 saturated heterocycles. The molecule has 2 heterocycles. The summed E-state index contributed by atoms with van der Waals surface area (Å²) < 4.78 is 40.5. The van der Waals surface area contributed by atoms with Gasteiger partial charge in [0.25, 0.3) is 10.0 Å². The standard InChI is InChI=1S/C18H20FNO3S2/c1-12-11-15(4-5-16(12)19)18(21)14-7-9-20(10-8-14)25(22,23)17-6-3-13(2)24-17/h3-6,11,14H,7-10H2,1-2H3. The molecular weight excluding hydrogens is 361 g/mol. The fourth-order valence-electron chi connectivity index (χ4n) is 3.07. The largest absolute Gasteiger partial charge is 0.294 e. The van der Waals surface area contributed by atoms with Gasteiger partial charge in [0.2, 0.25) is 0 Å². The topological polar surface area (TPSA) is 54.5 Å². The van der Waals surface area contributed by atoms with E-state index >= 15 is 0 Å². The normalized spacial score (nSPS) is 16.9. The fraction of sp³-hybridized carbons (Fsp3) is 0.389. The van der Waals surface area contributed by atoms with Crippen molar-refractivity contribution in [2.24, 2.45) is 5.92 Å². The first kappa shape index (κ1) is 18.2. The number of carbonyl (C=O) groups is 1. The van der Waals surface area contributed by atoms with Gasteiger partial charge in [-0.25, -0.2) is 12.8 Å². The van der Waals surface area contributed by atoms with Crippen LogP contribution in [0, 0.1) is 25.6 Å². The summed E-state index contributed by atoms with van der Waals surface area (Å²) in [6.07, 6.45) is 0.970. The van der Waals surface area contributed by atoms with E-state index in [0.717, 1.165) is 4.88 Å². The van der Waals surface area contributed by atoms with Crippen LogP contribution in [0.15, 0.2) is 34.5 Å². The molecule has 1 aromatic heterocycles. The van der Waals surface area contributed by atoms with E-state index in [9.17, 15) is 17.6 Å². The molecule has 0 unspecified atom stereocenters. The number of ketones is 1. The van der Waals surface area contributed by atoms with Crippen molar-refractivity contribution in [3.63, 3.8) is 0 Å². The first-order valence-corrected chi connectivity index (χ1v) is 10.4. The lowest BCUT2D eigenvalue weighted by molar-refractivity contribution is 0.0875. The average Bonchev–Trinajstić information content (AvgIpc) is 3.04. The second kappa shape index (κ2) is 6.97. The first-order valence-electron chi connectivity index (χ1n) is 8.16. The van der Waals surface area contributed by atoms with Gasteiger partial charge in [-0.15, -0.1) is 11.3 Å². The van der Waals surface area contributed by atoms with Crippen molar-refractivity contribution in [3.05, 3.63) is 52.2 Å². The van der Waals surface area contributed by atoms with Crippen LogP contribution in [0.4, 0.5) is 4.39 Å². The molecule has 0 radical (unpaired) electrons. The van der Waals surface area contributed by atoms with E-state index in [-0.39, 0.29) is 17.5 Å². The van der Waals surface area contributed by atoms with Gasteiger partial charge in [-0.2, -0.15) is 4.31 Å². The van der Waals surface area contributed by atoms with Crippen LogP contribution >= 0.6 is 11.3 Å². The van der Waals surface area contributed by atoms with Crippen LogP contribution in [0.2, 0.25) is 0 Å². The number of nitrogens with zero attached hydrogens (tertiary/aromatic N) is 1. The lowest BCUT2D eigenvalue weighted by Gasteiger charge is -2.30. The molecule has 0 aliphatic carbocycles. The molecule has 0 atom stereocenters. The highest BCUT2D eigenvalue weighted by molar-refractivity contribution is 7.91. The van der Waals surface area contributed by atoms with Crippen molar-refractivity contribution in [2.75, 3.05) is 13.1 Å². The Hall–Kier alpha value is -1.57. The minimum absolute atomic E-state index is 0.0351. The van der Waals surface area contributed by atoms with Crippen molar-refractivity contribution in [1.82, 2.24) is 4.31 Å². The van der Waals surface area contributed by atoms with Crippen LogP contribution in [0.1, 0.15) is 33.6 Å². The summed E-state index contributed by atoms with van der Waals surface area (Å²) in [6.45, 7) is 4.16. The van der Waals surface area contributed by atoms with Crippen LogP contribution in [-0.2, 0) is 10.0 Å². The number of benzene rings is 1. The summed E-state index contributed by atoms with van der Waals surface area (Å²) in [4.78, 5) is 13.6. The van der Waals surface area contributed by atoms with Crippen molar-refractivity contribution >= 4 is 27.1 Å². The van der Waals surface area contributed by atoms with Gasteiger partial charge in [-0.1, -0.05) is 0 Å². The molecule has 4 nitrogen and oxygen atoms in total. The molecule has 2 aromatic rings. The van der Waals surface area contributed by atoms with E-state index < -0.39 is 10.0 Å². The van der Waals surface area contributed by atoms with Crippen molar-refractivity contribution < 1.29 is 17.6 Å². The number of rotatable bonds is 4. The molecular formula is C18H20FNO3S2. The lowest BCUT2D eigenvalue weighted by atomic mass is 9.89. The second-order valence-corrected chi connectivity index (χ2v) is 9.82. The number of aryl methyl sites for hydroxylation is 2. The number of piperidine rings is 1. The molecule has 1 fully saturated rings. The van der Waals surface area contributed by atoms with Gasteiger partial charge < -0.3 is 0 Å². The Kier molecular flexibility index (Phi) is 5.09. The van der Waals surface area contributed by atoms with Crippen molar-refractivity contribution in [2.45, 2.75) is 30.9 Å². The number of thiophene rings is 1.